The molecule has 7 heteroatoms. The molecular weight excluding hydrogens is 424 g/mol. The molecule has 1 aliphatic heterocycles. The highest BCUT2D eigenvalue weighted by Gasteiger charge is 2.22. The molecule has 3 aromatic rings. The van der Waals surface area contributed by atoms with Crippen LogP contribution in [0.1, 0.15) is 25.8 Å². The number of piperazine rings is 1. The van der Waals surface area contributed by atoms with Gasteiger partial charge in [0.2, 0.25) is 0 Å². The fourth-order valence-corrected chi connectivity index (χ4v) is 4.49. The van der Waals surface area contributed by atoms with Crippen molar-refractivity contribution >= 4 is 28.2 Å². The van der Waals surface area contributed by atoms with Crippen LogP contribution in [0.2, 0.25) is 5.02 Å². The van der Waals surface area contributed by atoms with Gasteiger partial charge in [-0.2, -0.15) is 0 Å². The van der Waals surface area contributed by atoms with E-state index >= 15 is 0 Å². The molecule has 0 aliphatic carbocycles. The van der Waals surface area contributed by atoms with Gasteiger partial charge in [-0.25, -0.2) is 4.79 Å². The van der Waals surface area contributed by atoms with Gasteiger partial charge < -0.3 is 9.80 Å². The van der Waals surface area contributed by atoms with Crippen molar-refractivity contribution in [1.29, 1.82) is 0 Å². The second-order valence-electron chi connectivity index (χ2n) is 9.10. The Balaban J connectivity index is 1.96. The highest BCUT2D eigenvalue weighted by Crippen LogP contribution is 2.29. The number of benzene rings is 2. The van der Waals surface area contributed by atoms with E-state index in [0.29, 0.717) is 34.9 Å². The molecular formula is C25H31ClN4O2. The maximum Gasteiger partial charge on any atom is 0.331 e. The Morgan fingerprint density at radius 1 is 0.969 bits per heavy atom. The van der Waals surface area contributed by atoms with Crippen LogP contribution < -0.4 is 16.1 Å². The summed E-state index contributed by atoms with van der Waals surface area (Å²) in [4.78, 5) is 31.7. The van der Waals surface area contributed by atoms with Crippen molar-refractivity contribution in [2.45, 2.75) is 33.4 Å². The van der Waals surface area contributed by atoms with Crippen molar-refractivity contribution in [1.82, 2.24) is 14.0 Å². The van der Waals surface area contributed by atoms with E-state index in [4.69, 9.17) is 11.6 Å². The number of hydrogen-bond donors (Lipinski definition) is 0. The molecule has 0 bridgehead atoms. The average Bonchev–Trinajstić information content (AvgIpc) is 2.77. The van der Waals surface area contributed by atoms with Gasteiger partial charge in [-0.05, 0) is 37.1 Å². The Kier molecular flexibility index (Phi) is 6.72. The average molecular weight is 455 g/mol. The minimum atomic E-state index is -0.279. The third-order valence-corrected chi connectivity index (χ3v) is 6.45. The number of fused-ring (bicyclic) bond motifs is 1. The van der Waals surface area contributed by atoms with Crippen LogP contribution >= 0.6 is 11.6 Å². The van der Waals surface area contributed by atoms with Gasteiger partial charge in [0, 0.05) is 37.7 Å². The van der Waals surface area contributed by atoms with E-state index in [-0.39, 0.29) is 11.2 Å². The van der Waals surface area contributed by atoms with E-state index in [1.165, 1.54) is 4.57 Å². The molecule has 0 amide bonds. The number of rotatable bonds is 6. The molecule has 0 radical (unpaired) electrons. The van der Waals surface area contributed by atoms with E-state index in [9.17, 15) is 9.59 Å². The molecule has 4 rings (SSSR count). The fourth-order valence-electron chi connectivity index (χ4n) is 4.28. The van der Waals surface area contributed by atoms with Crippen molar-refractivity contribution < 1.29 is 0 Å². The van der Waals surface area contributed by atoms with E-state index in [2.05, 4.69) is 30.7 Å². The number of nitrogens with zero attached hydrogens (tertiary/aromatic N) is 4. The van der Waals surface area contributed by atoms with E-state index in [1.807, 2.05) is 36.4 Å². The van der Waals surface area contributed by atoms with Crippen molar-refractivity contribution in [2.24, 2.45) is 5.92 Å². The van der Waals surface area contributed by atoms with Gasteiger partial charge in [-0.3, -0.25) is 13.9 Å². The van der Waals surface area contributed by atoms with Gasteiger partial charge in [0.25, 0.3) is 5.56 Å². The lowest BCUT2D eigenvalue weighted by molar-refractivity contribution is 0.313. The number of hydrogen-bond acceptors (Lipinski definition) is 4. The largest absolute Gasteiger partial charge is 0.368 e. The third-order valence-electron chi connectivity index (χ3n) is 6.23. The summed E-state index contributed by atoms with van der Waals surface area (Å²) in [5.74, 6) is 0.391. The van der Waals surface area contributed by atoms with Gasteiger partial charge in [-0.1, -0.05) is 55.8 Å². The van der Waals surface area contributed by atoms with Gasteiger partial charge in [-0.15, -0.1) is 0 Å². The van der Waals surface area contributed by atoms with Crippen LogP contribution in [0.4, 0.5) is 5.69 Å². The first-order valence-electron chi connectivity index (χ1n) is 11.3. The number of halogens is 1. The van der Waals surface area contributed by atoms with E-state index in [0.717, 1.165) is 43.9 Å². The smallest absolute Gasteiger partial charge is 0.331 e. The third kappa shape index (κ3) is 4.62. The van der Waals surface area contributed by atoms with E-state index in [1.54, 1.807) is 10.6 Å². The van der Waals surface area contributed by atoms with Crippen LogP contribution in [-0.4, -0.2) is 47.3 Å². The monoisotopic (exact) mass is 454 g/mol. The van der Waals surface area contributed by atoms with Crippen LogP contribution in [-0.2, 0) is 13.1 Å². The van der Waals surface area contributed by atoms with Crippen LogP contribution in [0.5, 0.6) is 0 Å². The van der Waals surface area contributed by atoms with Gasteiger partial charge in [0.15, 0.2) is 0 Å². The van der Waals surface area contributed by atoms with Crippen LogP contribution in [0.25, 0.3) is 10.9 Å². The maximum atomic E-state index is 13.7. The lowest BCUT2D eigenvalue weighted by atomic mass is 10.1. The predicted octanol–water partition coefficient (Wildman–Crippen LogP) is 3.66. The fraction of sp³-hybridized carbons (Fsp3) is 0.440. The zero-order chi connectivity index (χ0) is 22.8. The normalized spacial score (nSPS) is 15.1. The molecule has 0 saturated carbocycles. The molecule has 32 heavy (non-hydrogen) atoms. The summed E-state index contributed by atoms with van der Waals surface area (Å²) in [7, 11) is 2.10. The Bertz CT molecular complexity index is 1210. The van der Waals surface area contributed by atoms with Gasteiger partial charge in [0.1, 0.15) is 0 Å². The highest BCUT2D eigenvalue weighted by molar-refractivity contribution is 6.31. The number of aromatic nitrogens is 2. The summed E-state index contributed by atoms with van der Waals surface area (Å²) in [6.07, 6.45) is 0.767. The Labute approximate surface area is 193 Å². The molecule has 2 heterocycles. The van der Waals surface area contributed by atoms with Gasteiger partial charge >= 0.3 is 5.69 Å². The summed E-state index contributed by atoms with van der Waals surface area (Å²) < 4.78 is 3.12. The second kappa shape index (κ2) is 9.51. The molecule has 0 spiro atoms. The van der Waals surface area contributed by atoms with Crippen LogP contribution in [0.15, 0.2) is 52.1 Å². The van der Waals surface area contributed by atoms with Gasteiger partial charge in [0.05, 0.1) is 23.1 Å². The predicted molar refractivity (Wildman–Crippen MR) is 132 cm³/mol. The van der Waals surface area contributed by atoms with E-state index < -0.39 is 0 Å². The molecule has 0 N–H and O–H groups in total. The Morgan fingerprint density at radius 3 is 2.31 bits per heavy atom. The molecule has 2 aromatic carbocycles. The van der Waals surface area contributed by atoms with Crippen LogP contribution in [0, 0.1) is 5.92 Å². The molecule has 6 nitrogen and oxygen atoms in total. The standard InChI is InChI=1S/C25H31ClN4O2/c1-18(2)9-10-29-24(31)23-21(28-13-11-27(3)12-14-28)15-20(26)16-22(23)30(25(29)32)17-19-7-5-4-6-8-19/h4-8,15-16,18H,9-14,17H2,1-3H3. The summed E-state index contributed by atoms with van der Waals surface area (Å²) >= 11 is 6.53. The summed E-state index contributed by atoms with van der Waals surface area (Å²) in [5, 5.41) is 1.12. The zero-order valence-electron chi connectivity index (χ0n) is 19.1. The molecule has 170 valence electrons. The van der Waals surface area contributed by atoms with Crippen molar-refractivity contribution in [3.05, 3.63) is 73.9 Å². The zero-order valence-corrected chi connectivity index (χ0v) is 19.8. The van der Waals surface area contributed by atoms with Crippen molar-refractivity contribution in [3.63, 3.8) is 0 Å². The summed E-state index contributed by atoms with van der Waals surface area (Å²) in [6, 6.07) is 13.5. The van der Waals surface area contributed by atoms with Crippen molar-refractivity contribution in [3.8, 4) is 0 Å². The summed E-state index contributed by atoms with van der Waals surface area (Å²) in [5.41, 5.74) is 1.93. The first kappa shape index (κ1) is 22.6. The molecule has 1 saturated heterocycles. The Hall–Kier alpha value is -2.57. The Morgan fingerprint density at radius 2 is 1.66 bits per heavy atom. The lowest BCUT2D eigenvalue weighted by Crippen LogP contribution is -2.46. The highest BCUT2D eigenvalue weighted by atomic mass is 35.5. The quantitative estimate of drug-likeness (QED) is 0.570. The SMILES string of the molecule is CC(C)CCn1c(=O)c2c(N3CCN(C)CC3)cc(Cl)cc2n(Cc2ccccc2)c1=O. The molecule has 1 aromatic heterocycles. The second-order valence-corrected chi connectivity index (χ2v) is 9.54. The molecule has 1 aliphatic rings. The molecule has 1 fully saturated rings. The molecule has 0 atom stereocenters. The van der Waals surface area contributed by atoms with Crippen molar-refractivity contribution in [2.75, 3.05) is 38.1 Å². The minimum absolute atomic E-state index is 0.222. The first-order chi connectivity index (χ1) is 15.3. The first-order valence-corrected chi connectivity index (χ1v) is 11.7. The number of anilines is 1. The summed E-state index contributed by atoms with van der Waals surface area (Å²) in [6.45, 7) is 8.46. The minimum Gasteiger partial charge on any atom is -0.368 e. The lowest BCUT2D eigenvalue weighted by Gasteiger charge is -2.34. The number of likely N-dealkylation sites (N-methyl/N-ethyl adjacent to an activating group) is 1. The molecule has 0 unspecified atom stereocenters. The van der Waals surface area contributed by atoms with Crippen LogP contribution in [0.3, 0.4) is 0 Å². The maximum absolute atomic E-state index is 13.7. The topological polar surface area (TPSA) is 50.5 Å².